The number of rotatable bonds is 9. The van der Waals surface area contributed by atoms with Gasteiger partial charge in [0.1, 0.15) is 0 Å². The van der Waals surface area contributed by atoms with Crippen LogP contribution in [0.15, 0.2) is 24.3 Å². The Morgan fingerprint density at radius 2 is 1.63 bits per heavy atom. The number of nitrogens with one attached hydrogen (secondary N) is 1. The van der Waals surface area contributed by atoms with Gasteiger partial charge in [0.15, 0.2) is 0 Å². The van der Waals surface area contributed by atoms with Crippen molar-refractivity contribution in [1.82, 2.24) is 0 Å². The van der Waals surface area contributed by atoms with E-state index >= 15 is 0 Å². The number of unbranched alkanes of at least 4 members (excludes halogenated alkanes) is 2. The van der Waals surface area contributed by atoms with Crippen LogP contribution in [-0.2, 0) is 0 Å². The summed E-state index contributed by atoms with van der Waals surface area (Å²) in [6.07, 6.45) is 5.21. The molecule has 0 saturated heterocycles. The first kappa shape index (κ1) is 15.9. The molecule has 2 nitrogen and oxygen atoms in total. The molecule has 0 saturated carbocycles. The molecule has 1 aromatic rings. The summed E-state index contributed by atoms with van der Waals surface area (Å²) in [5.74, 6) is 0. The van der Waals surface area contributed by atoms with Gasteiger partial charge in [0.25, 0.3) is 0 Å². The summed E-state index contributed by atoms with van der Waals surface area (Å²) >= 11 is 0. The van der Waals surface area contributed by atoms with Crippen molar-refractivity contribution in [2.24, 2.45) is 0 Å². The zero-order valence-corrected chi connectivity index (χ0v) is 13.1. The standard InChI is InChI=1S/C17H30N2/c1-5-8-9-10-15(4)18-16-11-13-17(14-12-16)19(6-2)7-3/h11-15,18H,5-10H2,1-4H3. The maximum absolute atomic E-state index is 3.58. The highest BCUT2D eigenvalue weighted by Gasteiger charge is 2.04. The highest BCUT2D eigenvalue weighted by molar-refractivity contribution is 5.55. The molecule has 1 N–H and O–H groups in total. The van der Waals surface area contributed by atoms with Crippen LogP contribution >= 0.6 is 0 Å². The predicted molar refractivity (Wildman–Crippen MR) is 87.2 cm³/mol. The first-order valence-electron chi connectivity index (χ1n) is 7.82. The smallest absolute Gasteiger partial charge is 0.0367 e. The molecule has 0 aromatic heterocycles. The van der Waals surface area contributed by atoms with Crippen LogP contribution in [0.3, 0.4) is 0 Å². The first-order chi connectivity index (χ1) is 9.21. The van der Waals surface area contributed by atoms with Gasteiger partial charge in [-0.05, 0) is 51.5 Å². The molecule has 0 heterocycles. The van der Waals surface area contributed by atoms with Gasteiger partial charge in [0.2, 0.25) is 0 Å². The van der Waals surface area contributed by atoms with Crippen LogP contribution in [0, 0.1) is 0 Å². The molecule has 1 atom stereocenters. The van der Waals surface area contributed by atoms with E-state index in [0.29, 0.717) is 6.04 Å². The van der Waals surface area contributed by atoms with Gasteiger partial charge in [-0.25, -0.2) is 0 Å². The summed E-state index contributed by atoms with van der Waals surface area (Å²) in [6.45, 7) is 11.1. The third kappa shape index (κ3) is 5.54. The lowest BCUT2D eigenvalue weighted by molar-refractivity contribution is 0.615. The van der Waals surface area contributed by atoms with Crippen LogP contribution in [-0.4, -0.2) is 19.1 Å². The lowest BCUT2D eigenvalue weighted by Gasteiger charge is -2.22. The molecule has 1 rings (SSSR count). The van der Waals surface area contributed by atoms with E-state index in [1.807, 2.05) is 0 Å². The summed E-state index contributed by atoms with van der Waals surface area (Å²) in [7, 11) is 0. The quantitative estimate of drug-likeness (QED) is 0.636. The Morgan fingerprint density at radius 1 is 1.00 bits per heavy atom. The molecule has 19 heavy (non-hydrogen) atoms. The average molecular weight is 262 g/mol. The Hall–Kier alpha value is -1.18. The van der Waals surface area contributed by atoms with E-state index in [0.717, 1.165) is 13.1 Å². The third-order valence-corrected chi connectivity index (χ3v) is 3.65. The maximum atomic E-state index is 3.58. The average Bonchev–Trinajstić information content (AvgIpc) is 2.42. The van der Waals surface area contributed by atoms with E-state index in [2.05, 4.69) is 62.2 Å². The van der Waals surface area contributed by atoms with Crippen molar-refractivity contribution in [3.05, 3.63) is 24.3 Å². The third-order valence-electron chi connectivity index (χ3n) is 3.65. The number of benzene rings is 1. The number of hydrogen-bond acceptors (Lipinski definition) is 2. The molecule has 0 radical (unpaired) electrons. The van der Waals surface area contributed by atoms with E-state index in [1.54, 1.807) is 0 Å². The second-order valence-corrected chi connectivity index (χ2v) is 5.26. The highest BCUT2D eigenvalue weighted by Crippen LogP contribution is 2.19. The van der Waals surface area contributed by atoms with E-state index in [4.69, 9.17) is 0 Å². The van der Waals surface area contributed by atoms with Gasteiger partial charge in [-0.2, -0.15) is 0 Å². The second-order valence-electron chi connectivity index (χ2n) is 5.26. The second kappa shape index (κ2) is 8.84. The number of anilines is 2. The molecule has 2 heteroatoms. The zero-order chi connectivity index (χ0) is 14.1. The summed E-state index contributed by atoms with van der Waals surface area (Å²) < 4.78 is 0. The van der Waals surface area contributed by atoms with Gasteiger partial charge in [0, 0.05) is 30.5 Å². The fourth-order valence-electron chi connectivity index (χ4n) is 2.41. The maximum Gasteiger partial charge on any atom is 0.0367 e. The molecule has 0 bridgehead atoms. The Balaban J connectivity index is 2.47. The fraction of sp³-hybridized carbons (Fsp3) is 0.647. The van der Waals surface area contributed by atoms with Crippen molar-refractivity contribution in [3.8, 4) is 0 Å². The predicted octanol–water partition coefficient (Wildman–Crippen LogP) is 4.91. The van der Waals surface area contributed by atoms with Crippen molar-refractivity contribution < 1.29 is 0 Å². The topological polar surface area (TPSA) is 15.3 Å². The lowest BCUT2D eigenvalue weighted by Crippen LogP contribution is -2.21. The molecule has 0 aliphatic heterocycles. The van der Waals surface area contributed by atoms with E-state index in [1.165, 1.54) is 37.1 Å². The van der Waals surface area contributed by atoms with Crippen molar-refractivity contribution in [3.63, 3.8) is 0 Å². The minimum atomic E-state index is 0.561. The van der Waals surface area contributed by atoms with Crippen LogP contribution in [0.25, 0.3) is 0 Å². The molecule has 108 valence electrons. The van der Waals surface area contributed by atoms with Crippen LogP contribution in [0.5, 0.6) is 0 Å². The summed E-state index contributed by atoms with van der Waals surface area (Å²) in [5, 5.41) is 3.58. The molecule has 0 spiro atoms. The largest absolute Gasteiger partial charge is 0.383 e. The SMILES string of the molecule is CCCCCC(C)Nc1ccc(N(CC)CC)cc1. The van der Waals surface area contributed by atoms with E-state index in [-0.39, 0.29) is 0 Å². The van der Waals surface area contributed by atoms with E-state index < -0.39 is 0 Å². The normalized spacial score (nSPS) is 12.2. The van der Waals surface area contributed by atoms with Crippen molar-refractivity contribution >= 4 is 11.4 Å². The van der Waals surface area contributed by atoms with Gasteiger partial charge in [0.05, 0.1) is 0 Å². The zero-order valence-electron chi connectivity index (χ0n) is 13.1. The van der Waals surface area contributed by atoms with Crippen molar-refractivity contribution in [1.29, 1.82) is 0 Å². The van der Waals surface area contributed by atoms with Crippen LogP contribution < -0.4 is 10.2 Å². The van der Waals surface area contributed by atoms with Gasteiger partial charge in [-0.15, -0.1) is 0 Å². The summed E-state index contributed by atoms with van der Waals surface area (Å²) in [5.41, 5.74) is 2.55. The molecule has 0 amide bonds. The van der Waals surface area contributed by atoms with Crippen LogP contribution in [0.2, 0.25) is 0 Å². The molecule has 0 aliphatic carbocycles. The molecule has 1 unspecified atom stereocenters. The summed E-state index contributed by atoms with van der Waals surface area (Å²) in [4.78, 5) is 2.37. The lowest BCUT2D eigenvalue weighted by atomic mass is 10.1. The minimum Gasteiger partial charge on any atom is -0.383 e. The fourth-order valence-corrected chi connectivity index (χ4v) is 2.41. The van der Waals surface area contributed by atoms with Crippen LogP contribution in [0.4, 0.5) is 11.4 Å². The number of hydrogen-bond donors (Lipinski definition) is 1. The van der Waals surface area contributed by atoms with E-state index in [9.17, 15) is 0 Å². The molecule has 0 fully saturated rings. The van der Waals surface area contributed by atoms with Gasteiger partial charge in [-0.1, -0.05) is 26.2 Å². The van der Waals surface area contributed by atoms with Crippen LogP contribution in [0.1, 0.15) is 53.4 Å². The van der Waals surface area contributed by atoms with Gasteiger partial charge >= 0.3 is 0 Å². The first-order valence-corrected chi connectivity index (χ1v) is 7.82. The Morgan fingerprint density at radius 3 is 2.16 bits per heavy atom. The number of nitrogens with zero attached hydrogens (tertiary/aromatic N) is 1. The van der Waals surface area contributed by atoms with Gasteiger partial charge < -0.3 is 10.2 Å². The Labute approximate surface area is 119 Å². The van der Waals surface area contributed by atoms with Crippen molar-refractivity contribution in [2.45, 2.75) is 59.4 Å². The minimum absolute atomic E-state index is 0.561. The molecule has 0 aliphatic rings. The van der Waals surface area contributed by atoms with Crippen molar-refractivity contribution in [2.75, 3.05) is 23.3 Å². The Kier molecular flexibility index (Phi) is 7.39. The van der Waals surface area contributed by atoms with Gasteiger partial charge in [-0.3, -0.25) is 0 Å². The Bertz CT molecular complexity index is 328. The summed E-state index contributed by atoms with van der Waals surface area (Å²) in [6, 6.07) is 9.39. The molecular weight excluding hydrogens is 232 g/mol. The highest BCUT2D eigenvalue weighted by atomic mass is 15.1. The molecular formula is C17H30N2. The molecule has 1 aromatic carbocycles. The monoisotopic (exact) mass is 262 g/mol.